The SMILES string of the molecule is CN(CCC(O)c1ccc(Cl)cc1)CC(F)F. The van der Waals surface area contributed by atoms with E-state index in [2.05, 4.69) is 0 Å². The molecule has 0 saturated carbocycles. The molecule has 96 valence electrons. The molecular formula is C12H16ClF2NO. The summed E-state index contributed by atoms with van der Waals surface area (Å²) in [6.45, 7) is 0.154. The Bertz CT molecular complexity index is 332. The summed E-state index contributed by atoms with van der Waals surface area (Å²) in [6, 6.07) is 6.87. The van der Waals surface area contributed by atoms with Crippen LogP contribution >= 0.6 is 11.6 Å². The third-order valence-corrected chi connectivity index (χ3v) is 2.74. The minimum atomic E-state index is -2.34. The molecule has 1 atom stereocenters. The maximum absolute atomic E-state index is 12.1. The summed E-state index contributed by atoms with van der Waals surface area (Å²) in [4.78, 5) is 1.50. The molecule has 0 aromatic heterocycles. The molecule has 0 radical (unpaired) electrons. The smallest absolute Gasteiger partial charge is 0.251 e. The molecule has 1 aromatic rings. The van der Waals surface area contributed by atoms with Gasteiger partial charge in [0.2, 0.25) is 0 Å². The third-order valence-electron chi connectivity index (χ3n) is 2.49. The van der Waals surface area contributed by atoms with Crippen LogP contribution in [-0.4, -0.2) is 36.6 Å². The van der Waals surface area contributed by atoms with E-state index >= 15 is 0 Å². The zero-order chi connectivity index (χ0) is 12.8. The number of rotatable bonds is 6. The molecular weight excluding hydrogens is 248 g/mol. The van der Waals surface area contributed by atoms with Crippen molar-refractivity contribution >= 4 is 11.6 Å². The van der Waals surface area contributed by atoms with Gasteiger partial charge in [0.25, 0.3) is 6.43 Å². The van der Waals surface area contributed by atoms with Crippen LogP contribution in [-0.2, 0) is 0 Å². The average molecular weight is 264 g/mol. The highest BCUT2D eigenvalue weighted by atomic mass is 35.5. The second kappa shape index (κ2) is 6.89. The van der Waals surface area contributed by atoms with Crippen LogP contribution in [0.4, 0.5) is 8.78 Å². The summed E-state index contributed by atoms with van der Waals surface area (Å²) < 4.78 is 24.1. The van der Waals surface area contributed by atoms with E-state index in [1.165, 1.54) is 4.90 Å². The number of nitrogens with zero attached hydrogens (tertiary/aromatic N) is 1. The number of benzene rings is 1. The van der Waals surface area contributed by atoms with Crippen LogP contribution in [0.15, 0.2) is 24.3 Å². The highest BCUT2D eigenvalue weighted by Gasteiger charge is 2.11. The predicted octanol–water partition coefficient (Wildman–Crippen LogP) is 2.96. The standard InChI is InChI=1S/C12H16ClF2NO/c1-16(8-12(14)15)7-6-11(17)9-2-4-10(13)5-3-9/h2-5,11-12,17H,6-8H2,1H3. The minimum absolute atomic E-state index is 0.270. The Hall–Kier alpha value is -0.710. The zero-order valence-corrected chi connectivity index (χ0v) is 10.4. The van der Waals surface area contributed by atoms with E-state index in [4.69, 9.17) is 11.6 Å². The first-order valence-electron chi connectivity index (χ1n) is 5.39. The van der Waals surface area contributed by atoms with Crippen molar-refractivity contribution in [3.8, 4) is 0 Å². The lowest BCUT2D eigenvalue weighted by Gasteiger charge is -2.18. The van der Waals surface area contributed by atoms with Gasteiger partial charge in [-0.1, -0.05) is 23.7 Å². The van der Waals surface area contributed by atoms with Crippen molar-refractivity contribution in [2.75, 3.05) is 20.1 Å². The second-order valence-corrected chi connectivity index (χ2v) is 4.45. The van der Waals surface area contributed by atoms with E-state index in [1.54, 1.807) is 31.3 Å². The molecule has 5 heteroatoms. The Labute approximate surface area is 105 Å². The van der Waals surface area contributed by atoms with Crippen LogP contribution in [0.3, 0.4) is 0 Å². The molecule has 2 nitrogen and oxygen atoms in total. The quantitative estimate of drug-likeness (QED) is 0.853. The molecule has 0 aliphatic carbocycles. The van der Waals surface area contributed by atoms with Crippen molar-refractivity contribution in [1.82, 2.24) is 4.90 Å². The van der Waals surface area contributed by atoms with Crippen LogP contribution < -0.4 is 0 Å². The molecule has 17 heavy (non-hydrogen) atoms. The average Bonchev–Trinajstić information content (AvgIpc) is 2.26. The van der Waals surface area contributed by atoms with Gasteiger partial charge in [0.15, 0.2) is 0 Å². The van der Waals surface area contributed by atoms with Gasteiger partial charge in [-0.2, -0.15) is 0 Å². The van der Waals surface area contributed by atoms with E-state index in [0.717, 1.165) is 5.56 Å². The molecule has 0 spiro atoms. The van der Waals surface area contributed by atoms with Gasteiger partial charge in [-0.25, -0.2) is 8.78 Å². The Morgan fingerprint density at radius 3 is 2.41 bits per heavy atom. The molecule has 0 aliphatic rings. The lowest BCUT2D eigenvalue weighted by Crippen LogP contribution is -2.26. The zero-order valence-electron chi connectivity index (χ0n) is 9.61. The first kappa shape index (κ1) is 14.4. The van der Waals surface area contributed by atoms with Gasteiger partial charge in [0.05, 0.1) is 12.6 Å². The van der Waals surface area contributed by atoms with Crippen LogP contribution in [0.5, 0.6) is 0 Å². The first-order chi connectivity index (χ1) is 7.99. The summed E-state index contributed by atoms with van der Waals surface area (Å²) in [6.07, 6.45) is -2.56. The fourth-order valence-corrected chi connectivity index (χ4v) is 1.65. The molecule has 0 saturated heterocycles. The lowest BCUT2D eigenvalue weighted by molar-refractivity contribution is 0.0874. The topological polar surface area (TPSA) is 23.5 Å². The summed E-state index contributed by atoms with van der Waals surface area (Å²) in [5.74, 6) is 0. The van der Waals surface area contributed by atoms with Crippen molar-refractivity contribution in [2.45, 2.75) is 19.0 Å². The van der Waals surface area contributed by atoms with Gasteiger partial charge in [-0.3, -0.25) is 0 Å². The summed E-state index contributed by atoms with van der Waals surface area (Å²) in [7, 11) is 1.61. The molecule has 0 fully saturated rings. The third kappa shape index (κ3) is 5.44. The molecule has 0 heterocycles. The number of halogens is 3. The highest BCUT2D eigenvalue weighted by molar-refractivity contribution is 6.30. The van der Waals surface area contributed by atoms with Crippen molar-refractivity contribution in [2.24, 2.45) is 0 Å². The maximum Gasteiger partial charge on any atom is 0.251 e. The van der Waals surface area contributed by atoms with E-state index < -0.39 is 12.5 Å². The normalized spacial score (nSPS) is 13.4. The molecule has 1 N–H and O–H groups in total. The van der Waals surface area contributed by atoms with Gasteiger partial charge >= 0.3 is 0 Å². The van der Waals surface area contributed by atoms with Crippen molar-refractivity contribution in [1.29, 1.82) is 0 Å². The van der Waals surface area contributed by atoms with Gasteiger partial charge in [0, 0.05) is 11.6 Å². The minimum Gasteiger partial charge on any atom is -0.388 e. The van der Waals surface area contributed by atoms with Gasteiger partial charge in [-0.05, 0) is 31.2 Å². The lowest BCUT2D eigenvalue weighted by atomic mass is 10.1. The number of aliphatic hydroxyl groups is 1. The highest BCUT2D eigenvalue weighted by Crippen LogP contribution is 2.19. The van der Waals surface area contributed by atoms with Gasteiger partial charge in [0.1, 0.15) is 0 Å². The summed E-state index contributed by atoms with van der Waals surface area (Å²) in [5.41, 5.74) is 0.750. The molecule has 1 unspecified atom stereocenters. The summed E-state index contributed by atoms with van der Waals surface area (Å²) >= 11 is 5.73. The second-order valence-electron chi connectivity index (χ2n) is 4.01. The van der Waals surface area contributed by atoms with E-state index in [0.29, 0.717) is 18.0 Å². The molecule has 1 aromatic carbocycles. The fraction of sp³-hybridized carbons (Fsp3) is 0.500. The Kier molecular flexibility index (Phi) is 5.82. The van der Waals surface area contributed by atoms with Crippen LogP contribution in [0.2, 0.25) is 5.02 Å². The van der Waals surface area contributed by atoms with Crippen LogP contribution in [0.1, 0.15) is 18.1 Å². The fourth-order valence-electron chi connectivity index (χ4n) is 1.52. The number of hydrogen-bond donors (Lipinski definition) is 1. The Morgan fingerprint density at radius 1 is 1.29 bits per heavy atom. The van der Waals surface area contributed by atoms with Crippen molar-refractivity contribution in [3.05, 3.63) is 34.9 Å². The monoisotopic (exact) mass is 263 g/mol. The number of alkyl halides is 2. The van der Waals surface area contributed by atoms with E-state index in [1.807, 2.05) is 0 Å². The van der Waals surface area contributed by atoms with Gasteiger partial charge in [-0.15, -0.1) is 0 Å². The number of aliphatic hydroxyl groups excluding tert-OH is 1. The predicted molar refractivity (Wildman–Crippen MR) is 64.5 cm³/mol. The molecule has 1 rings (SSSR count). The summed E-state index contributed by atoms with van der Waals surface area (Å²) in [5, 5.41) is 10.4. The molecule has 0 bridgehead atoms. The van der Waals surface area contributed by atoms with Crippen molar-refractivity contribution < 1.29 is 13.9 Å². The number of hydrogen-bond acceptors (Lipinski definition) is 2. The van der Waals surface area contributed by atoms with E-state index in [-0.39, 0.29) is 6.54 Å². The van der Waals surface area contributed by atoms with Crippen LogP contribution in [0.25, 0.3) is 0 Å². The maximum atomic E-state index is 12.1. The van der Waals surface area contributed by atoms with Crippen LogP contribution in [0, 0.1) is 0 Å². The molecule has 0 amide bonds. The van der Waals surface area contributed by atoms with E-state index in [9.17, 15) is 13.9 Å². The largest absolute Gasteiger partial charge is 0.388 e. The van der Waals surface area contributed by atoms with Gasteiger partial charge < -0.3 is 10.0 Å². The van der Waals surface area contributed by atoms with Crippen molar-refractivity contribution in [3.63, 3.8) is 0 Å². The molecule has 0 aliphatic heterocycles. The first-order valence-corrected chi connectivity index (χ1v) is 5.77. The Morgan fingerprint density at radius 2 is 1.88 bits per heavy atom. The Balaban J connectivity index is 2.39.